The fraction of sp³-hybridized carbons (Fsp3) is 0. The van der Waals surface area contributed by atoms with Gasteiger partial charge >= 0.3 is 0 Å². The summed E-state index contributed by atoms with van der Waals surface area (Å²) in [7, 11) is 0. The van der Waals surface area contributed by atoms with Crippen molar-refractivity contribution in [3.8, 4) is 77.9 Å². The second-order valence-corrected chi connectivity index (χ2v) is 13.3. The van der Waals surface area contributed by atoms with Gasteiger partial charge in [-0.25, -0.2) is 0 Å². The minimum atomic E-state index is 1.22. The second kappa shape index (κ2) is 11.6. The Morgan fingerprint density at radius 1 is 0.200 bits per heavy atom. The van der Waals surface area contributed by atoms with Crippen LogP contribution in [0.15, 0.2) is 194 Å². The summed E-state index contributed by atoms with van der Waals surface area (Å²) < 4.78 is 0. The molecule has 0 nitrogen and oxygen atoms in total. The first-order valence-corrected chi connectivity index (χ1v) is 17.3. The van der Waals surface area contributed by atoms with E-state index in [1.54, 1.807) is 0 Å². The van der Waals surface area contributed by atoms with Gasteiger partial charge in [-0.05, 0) is 130 Å². The molecule has 0 amide bonds. The largest absolute Gasteiger partial charge is 0.0622 e. The molecule has 0 atom stereocenters. The van der Waals surface area contributed by atoms with E-state index in [2.05, 4.69) is 194 Å². The summed E-state index contributed by atoms with van der Waals surface area (Å²) in [6, 6.07) is 71.3. The molecule has 9 aromatic rings. The van der Waals surface area contributed by atoms with Crippen molar-refractivity contribution in [1.82, 2.24) is 0 Å². The maximum Gasteiger partial charge on any atom is -0.00137 e. The Kier molecular flexibility index (Phi) is 6.60. The lowest BCUT2D eigenvalue weighted by Crippen LogP contribution is -1.93. The van der Waals surface area contributed by atoms with Crippen LogP contribution in [0.2, 0.25) is 0 Å². The van der Waals surface area contributed by atoms with E-state index in [1.807, 2.05) is 0 Å². The van der Waals surface area contributed by atoms with E-state index < -0.39 is 0 Å². The average molecular weight is 633 g/mol. The summed E-state index contributed by atoms with van der Waals surface area (Å²) in [5.74, 6) is 0. The second-order valence-electron chi connectivity index (χ2n) is 13.3. The molecule has 10 rings (SSSR count). The molecular formula is C50H32. The van der Waals surface area contributed by atoms with Gasteiger partial charge in [0.15, 0.2) is 0 Å². The monoisotopic (exact) mass is 632 g/mol. The Balaban J connectivity index is 1.30. The van der Waals surface area contributed by atoms with Crippen molar-refractivity contribution in [2.75, 3.05) is 0 Å². The Labute approximate surface area is 292 Å². The molecule has 0 radical (unpaired) electrons. The number of hydrogen-bond donors (Lipinski definition) is 0. The highest BCUT2D eigenvalue weighted by atomic mass is 14.3. The quantitative estimate of drug-likeness (QED) is 0.177. The standard InChI is InChI=1S/C50H32/c1-4-14-33(15-5-1)39-28-40(34-16-6-2-7-17-34)30-41(29-39)42-26-27-43(50-45-25-13-23-36-22-12-24-44(48(36)45)49(42)50)47-32-38-21-11-10-20-37(38)31-46(47)35-18-8-3-9-19-35/h1-32H. The van der Waals surface area contributed by atoms with Crippen molar-refractivity contribution < 1.29 is 0 Å². The van der Waals surface area contributed by atoms with Gasteiger partial charge in [0, 0.05) is 0 Å². The van der Waals surface area contributed by atoms with E-state index in [0.29, 0.717) is 0 Å². The molecule has 0 heteroatoms. The van der Waals surface area contributed by atoms with Crippen molar-refractivity contribution in [1.29, 1.82) is 0 Å². The first-order valence-electron chi connectivity index (χ1n) is 17.3. The zero-order valence-electron chi connectivity index (χ0n) is 27.5. The predicted octanol–water partition coefficient (Wildman–Crippen LogP) is 14.0. The Bertz CT molecular complexity index is 2660. The Hall–Kier alpha value is -6.50. The van der Waals surface area contributed by atoms with Crippen LogP contribution < -0.4 is 0 Å². The summed E-state index contributed by atoms with van der Waals surface area (Å²) in [5.41, 5.74) is 17.6. The fourth-order valence-electron chi connectivity index (χ4n) is 8.08. The normalized spacial score (nSPS) is 11.6. The van der Waals surface area contributed by atoms with Crippen molar-refractivity contribution in [2.24, 2.45) is 0 Å². The van der Waals surface area contributed by atoms with Crippen molar-refractivity contribution >= 4 is 21.5 Å². The van der Waals surface area contributed by atoms with Crippen LogP contribution >= 0.6 is 0 Å². The number of rotatable bonds is 5. The third kappa shape index (κ3) is 4.61. The molecule has 1 aliphatic rings. The van der Waals surface area contributed by atoms with Crippen molar-refractivity contribution in [3.63, 3.8) is 0 Å². The molecule has 0 heterocycles. The number of fused-ring (bicyclic) bond motifs is 4. The maximum absolute atomic E-state index is 2.40. The predicted molar refractivity (Wildman–Crippen MR) is 213 cm³/mol. The van der Waals surface area contributed by atoms with E-state index in [4.69, 9.17) is 0 Å². The fourth-order valence-corrected chi connectivity index (χ4v) is 8.08. The molecule has 0 spiro atoms. The summed E-state index contributed by atoms with van der Waals surface area (Å²) in [6.45, 7) is 0. The molecule has 0 N–H and O–H groups in total. The minimum absolute atomic E-state index is 1.22. The van der Waals surface area contributed by atoms with Crippen LogP contribution in [-0.4, -0.2) is 0 Å². The first kappa shape index (κ1) is 28.5. The zero-order chi connectivity index (χ0) is 33.0. The third-order valence-electron chi connectivity index (χ3n) is 10.4. The molecule has 1 aliphatic carbocycles. The van der Waals surface area contributed by atoms with Gasteiger partial charge < -0.3 is 0 Å². The van der Waals surface area contributed by atoms with Gasteiger partial charge in [-0.1, -0.05) is 164 Å². The molecule has 0 fully saturated rings. The van der Waals surface area contributed by atoms with Crippen LogP contribution in [0.3, 0.4) is 0 Å². The molecule has 9 aromatic carbocycles. The molecule has 0 aliphatic heterocycles. The summed E-state index contributed by atoms with van der Waals surface area (Å²) in [5, 5.41) is 5.11. The molecular weight excluding hydrogens is 601 g/mol. The maximum atomic E-state index is 2.40. The van der Waals surface area contributed by atoms with Gasteiger partial charge in [0.05, 0.1) is 0 Å². The van der Waals surface area contributed by atoms with Gasteiger partial charge in [-0.2, -0.15) is 0 Å². The summed E-state index contributed by atoms with van der Waals surface area (Å²) >= 11 is 0. The molecule has 232 valence electrons. The van der Waals surface area contributed by atoms with Gasteiger partial charge in [0.25, 0.3) is 0 Å². The smallest absolute Gasteiger partial charge is 0.00137 e. The van der Waals surface area contributed by atoms with Crippen LogP contribution in [0, 0.1) is 0 Å². The highest BCUT2D eigenvalue weighted by molar-refractivity contribution is 6.21. The van der Waals surface area contributed by atoms with Gasteiger partial charge in [-0.3, -0.25) is 0 Å². The lowest BCUT2D eigenvalue weighted by atomic mass is 9.83. The molecule has 0 saturated heterocycles. The van der Waals surface area contributed by atoms with Crippen molar-refractivity contribution in [3.05, 3.63) is 194 Å². The average Bonchev–Trinajstić information content (AvgIpc) is 3.54. The number of hydrogen-bond acceptors (Lipinski definition) is 0. The van der Waals surface area contributed by atoms with Gasteiger partial charge in [0.2, 0.25) is 0 Å². The van der Waals surface area contributed by atoms with E-state index in [0.717, 1.165) is 0 Å². The highest BCUT2D eigenvalue weighted by Crippen LogP contribution is 2.56. The molecule has 0 bridgehead atoms. The van der Waals surface area contributed by atoms with E-state index in [1.165, 1.54) is 99.4 Å². The van der Waals surface area contributed by atoms with Crippen molar-refractivity contribution in [2.45, 2.75) is 0 Å². The van der Waals surface area contributed by atoms with Crippen LogP contribution in [0.25, 0.3) is 99.4 Å². The topological polar surface area (TPSA) is 0 Å². The molecule has 0 unspecified atom stereocenters. The van der Waals surface area contributed by atoms with Crippen LogP contribution in [0.5, 0.6) is 0 Å². The highest BCUT2D eigenvalue weighted by Gasteiger charge is 2.28. The molecule has 50 heavy (non-hydrogen) atoms. The third-order valence-corrected chi connectivity index (χ3v) is 10.4. The van der Waals surface area contributed by atoms with Crippen LogP contribution in [0.4, 0.5) is 0 Å². The van der Waals surface area contributed by atoms with E-state index in [9.17, 15) is 0 Å². The first-order chi connectivity index (χ1) is 24.8. The molecule has 0 aromatic heterocycles. The summed E-state index contributed by atoms with van der Waals surface area (Å²) in [4.78, 5) is 0. The Morgan fingerprint density at radius 3 is 1.22 bits per heavy atom. The van der Waals surface area contributed by atoms with Gasteiger partial charge in [-0.15, -0.1) is 0 Å². The Morgan fingerprint density at radius 2 is 0.640 bits per heavy atom. The van der Waals surface area contributed by atoms with Crippen LogP contribution in [-0.2, 0) is 0 Å². The van der Waals surface area contributed by atoms with E-state index in [-0.39, 0.29) is 0 Å². The van der Waals surface area contributed by atoms with Gasteiger partial charge in [0.1, 0.15) is 0 Å². The zero-order valence-corrected chi connectivity index (χ0v) is 27.5. The lowest BCUT2D eigenvalue weighted by molar-refractivity contribution is 1.56. The SMILES string of the molecule is c1ccc(-c2cc(-c3ccccc3)cc(-c3ccc(-c4cc5ccccc5cc4-c4ccccc4)c4c3-c3cccc5cccc-4c35)c2)cc1. The minimum Gasteiger partial charge on any atom is -0.0622 e. The number of benzene rings is 9. The molecule has 0 saturated carbocycles. The lowest BCUT2D eigenvalue weighted by Gasteiger charge is -2.20. The van der Waals surface area contributed by atoms with E-state index >= 15 is 0 Å². The van der Waals surface area contributed by atoms with Crippen LogP contribution in [0.1, 0.15) is 0 Å². The summed E-state index contributed by atoms with van der Waals surface area (Å²) in [6.07, 6.45) is 0.